The molecule has 2 aromatic rings. The van der Waals surface area contributed by atoms with Gasteiger partial charge in [-0.3, -0.25) is 14.6 Å². The van der Waals surface area contributed by atoms with Crippen molar-refractivity contribution in [3.05, 3.63) is 39.8 Å². The van der Waals surface area contributed by atoms with Crippen LogP contribution in [-0.2, 0) is 32.5 Å². The van der Waals surface area contributed by atoms with Gasteiger partial charge >= 0.3 is 5.97 Å². The second kappa shape index (κ2) is 11.9. The minimum atomic E-state index is -4.07. The highest BCUT2D eigenvalue weighted by Crippen LogP contribution is 2.13. The number of aliphatic carboxylic acids is 1. The summed E-state index contributed by atoms with van der Waals surface area (Å²) >= 11 is 1.31. The fourth-order valence-corrected chi connectivity index (χ4v) is 5.24. The van der Waals surface area contributed by atoms with E-state index >= 15 is 0 Å². The first-order valence-corrected chi connectivity index (χ1v) is 12.9. The minimum Gasteiger partial charge on any atom is -0.480 e. The van der Waals surface area contributed by atoms with E-state index in [9.17, 15) is 23.1 Å². The smallest absolute Gasteiger partial charge is 0.323 e. The number of nitrogens with zero attached hydrogens (tertiary/aromatic N) is 3. The Morgan fingerprint density at radius 2 is 2.06 bits per heavy atom. The van der Waals surface area contributed by atoms with E-state index in [1.54, 1.807) is 19.1 Å². The van der Waals surface area contributed by atoms with E-state index in [-0.39, 0.29) is 11.3 Å². The lowest BCUT2D eigenvalue weighted by Crippen LogP contribution is -2.48. The first-order chi connectivity index (χ1) is 16.2. The Balaban J connectivity index is 1.45. The van der Waals surface area contributed by atoms with Crippen LogP contribution >= 0.6 is 11.3 Å². The van der Waals surface area contributed by atoms with Crippen LogP contribution < -0.4 is 20.7 Å². The summed E-state index contributed by atoms with van der Waals surface area (Å²) < 4.78 is 27.1. The van der Waals surface area contributed by atoms with Gasteiger partial charge in [0.05, 0.1) is 17.9 Å². The number of aromatic nitrogens is 2. The van der Waals surface area contributed by atoms with Crippen molar-refractivity contribution >= 4 is 39.2 Å². The highest BCUT2D eigenvalue weighted by atomic mass is 32.2. The molecule has 0 saturated heterocycles. The molecular formula is C20H27N7O5S2. The summed E-state index contributed by atoms with van der Waals surface area (Å²) in [5.74, 6) is -1.08. The molecule has 1 unspecified atom stereocenters. The number of guanidine groups is 1. The summed E-state index contributed by atoms with van der Waals surface area (Å²) in [6.45, 7) is 3.67. The normalized spacial score (nSPS) is 14.2. The van der Waals surface area contributed by atoms with E-state index in [2.05, 4.69) is 35.9 Å². The van der Waals surface area contributed by atoms with Gasteiger partial charge < -0.3 is 21.1 Å². The molecule has 0 spiro atoms. The van der Waals surface area contributed by atoms with E-state index in [0.717, 1.165) is 42.6 Å². The maximum absolute atomic E-state index is 12.5. The van der Waals surface area contributed by atoms with Crippen molar-refractivity contribution in [2.45, 2.75) is 37.1 Å². The van der Waals surface area contributed by atoms with Gasteiger partial charge in [0.2, 0.25) is 15.9 Å². The third-order valence-electron chi connectivity index (χ3n) is 4.75. The highest BCUT2D eigenvalue weighted by molar-refractivity contribution is 7.89. The zero-order valence-corrected chi connectivity index (χ0v) is 20.2. The molecule has 0 radical (unpaired) electrons. The predicted octanol–water partition coefficient (Wildman–Crippen LogP) is -0.582. The molecule has 2 heterocycles. The number of rotatable bonds is 12. The quantitative estimate of drug-likeness (QED) is 0.234. The number of aliphatic imine (C=N–C) groups is 1. The number of carbonyl (C=O) groups excluding carboxylic acids is 1. The third kappa shape index (κ3) is 7.74. The zero-order valence-electron chi connectivity index (χ0n) is 18.6. The first kappa shape index (κ1) is 25.5. The van der Waals surface area contributed by atoms with Crippen molar-refractivity contribution < 1.29 is 23.1 Å². The van der Waals surface area contributed by atoms with Crippen molar-refractivity contribution in [2.24, 2.45) is 4.99 Å². The zero-order chi connectivity index (χ0) is 24.6. The van der Waals surface area contributed by atoms with Gasteiger partial charge in [0, 0.05) is 26.1 Å². The Morgan fingerprint density at radius 3 is 2.76 bits per heavy atom. The molecule has 1 amide bonds. The van der Waals surface area contributed by atoms with Crippen molar-refractivity contribution in [3.63, 3.8) is 0 Å². The van der Waals surface area contributed by atoms with Crippen LogP contribution in [0.1, 0.15) is 22.0 Å². The second-order valence-electron chi connectivity index (χ2n) is 7.59. The maximum Gasteiger partial charge on any atom is 0.323 e. The second-order valence-corrected chi connectivity index (χ2v) is 10.4. The lowest BCUT2D eigenvalue weighted by atomic mass is 10.2. The van der Waals surface area contributed by atoms with Gasteiger partial charge in [-0.25, -0.2) is 8.42 Å². The average molecular weight is 510 g/mol. The maximum atomic E-state index is 12.5. The fraction of sp³-hybridized carbons (Fsp3) is 0.450. The van der Waals surface area contributed by atoms with Crippen LogP contribution in [0.15, 0.2) is 34.2 Å². The largest absolute Gasteiger partial charge is 0.480 e. The summed E-state index contributed by atoms with van der Waals surface area (Å²) in [5, 5.41) is 27.5. The van der Waals surface area contributed by atoms with Crippen molar-refractivity contribution in [1.29, 1.82) is 0 Å². The summed E-state index contributed by atoms with van der Waals surface area (Å²) in [6, 6.07) is 4.58. The number of carbonyl (C=O) groups is 2. The fourth-order valence-electron chi connectivity index (χ4n) is 3.06. The Hall–Kier alpha value is -3.10. The van der Waals surface area contributed by atoms with Crippen LogP contribution in [0.3, 0.4) is 0 Å². The molecule has 3 rings (SSSR count). The molecule has 1 atom stereocenters. The molecule has 12 nitrogen and oxygen atoms in total. The van der Waals surface area contributed by atoms with Crippen LogP contribution in [0, 0.1) is 6.92 Å². The van der Waals surface area contributed by atoms with Gasteiger partial charge in [-0.2, -0.15) is 4.72 Å². The van der Waals surface area contributed by atoms with Crippen molar-refractivity contribution in [3.8, 4) is 0 Å². The number of sulfonamides is 1. The number of carboxylic acid groups (broad SMARTS) is 1. The standard InChI is InChI=1S/C20H27N7O5S2/c1-13-4-2-5-14(10-13)34(31,32)27-15(19(29)30)12-24-16(28)11-18-26-25-17(33-18)6-3-7-21-20-22-8-9-23-20/h2,4-5,10,15,27H,3,6-9,11-12H2,1H3,(H,24,28)(H,29,30)(H2,21,22,23). The van der Waals surface area contributed by atoms with Crippen LogP contribution in [0.25, 0.3) is 0 Å². The van der Waals surface area contributed by atoms with E-state index in [1.807, 2.05) is 0 Å². The lowest BCUT2D eigenvalue weighted by molar-refractivity contribution is -0.138. The Labute approximate surface area is 201 Å². The molecular weight excluding hydrogens is 482 g/mol. The van der Waals surface area contributed by atoms with Crippen molar-refractivity contribution in [1.82, 2.24) is 30.9 Å². The molecule has 184 valence electrons. The predicted molar refractivity (Wildman–Crippen MR) is 126 cm³/mol. The summed E-state index contributed by atoms with van der Waals surface area (Å²) in [5.41, 5.74) is 0.718. The molecule has 14 heteroatoms. The van der Waals surface area contributed by atoms with Crippen LogP contribution in [0.2, 0.25) is 0 Å². The van der Waals surface area contributed by atoms with Gasteiger partial charge in [-0.05, 0) is 31.0 Å². The Kier molecular flexibility index (Phi) is 8.90. The first-order valence-electron chi connectivity index (χ1n) is 10.6. The van der Waals surface area contributed by atoms with Gasteiger partial charge in [0.25, 0.3) is 0 Å². The van der Waals surface area contributed by atoms with E-state index < -0.39 is 34.5 Å². The average Bonchev–Trinajstić information content (AvgIpc) is 3.46. The summed E-state index contributed by atoms with van der Waals surface area (Å²) in [4.78, 5) is 28.0. The van der Waals surface area contributed by atoms with Gasteiger partial charge in [-0.15, -0.1) is 21.5 Å². The molecule has 1 aliphatic rings. The molecule has 1 aliphatic heterocycles. The van der Waals surface area contributed by atoms with Crippen LogP contribution in [-0.4, -0.2) is 73.8 Å². The third-order valence-corrected chi connectivity index (χ3v) is 7.21. The van der Waals surface area contributed by atoms with Crippen LogP contribution in [0.5, 0.6) is 0 Å². The molecule has 1 aromatic heterocycles. The molecule has 0 bridgehead atoms. The molecule has 0 saturated carbocycles. The number of carboxylic acids is 1. The number of hydrogen-bond donors (Lipinski definition) is 5. The Morgan fingerprint density at radius 1 is 1.26 bits per heavy atom. The highest BCUT2D eigenvalue weighted by Gasteiger charge is 2.26. The van der Waals surface area contributed by atoms with E-state index in [0.29, 0.717) is 11.4 Å². The van der Waals surface area contributed by atoms with Gasteiger partial charge in [0.1, 0.15) is 16.1 Å². The minimum absolute atomic E-state index is 0.0471. The SMILES string of the molecule is Cc1cccc(S(=O)(=O)NC(CNC(=O)Cc2nnc(CCCNC3=NCCN3)s2)C(=O)O)c1. The number of nitrogens with one attached hydrogen (secondary N) is 4. The molecule has 1 aromatic carbocycles. The van der Waals surface area contributed by atoms with E-state index in [4.69, 9.17) is 0 Å². The number of hydrogen-bond acceptors (Lipinski definition) is 10. The molecule has 34 heavy (non-hydrogen) atoms. The topological polar surface area (TPSA) is 175 Å². The number of aryl methyl sites for hydroxylation is 2. The molecule has 0 fully saturated rings. The van der Waals surface area contributed by atoms with Crippen molar-refractivity contribution in [2.75, 3.05) is 26.2 Å². The molecule has 5 N–H and O–H groups in total. The number of amides is 1. The number of benzene rings is 1. The summed E-state index contributed by atoms with van der Waals surface area (Å²) in [6.07, 6.45) is 1.44. The van der Waals surface area contributed by atoms with Crippen LogP contribution in [0.4, 0.5) is 0 Å². The monoisotopic (exact) mass is 509 g/mol. The van der Waals surface area contributed by atoms with Gasteiger partial charge in [-0.1, -0.05) is 12.1 Å². The lowest BCUT2D eigenvalue weighted by Gasteiger charge is -2.15. The van der Waals surface area contributed by atoms with Gasteiger partial charge in [0.15, 0.2) is 5.96 Å². The Bertz CT molecular complexity index is 1150. The molecule has 0 aliphatic carbocycles. The summed E-state index contributed by atoms with van der Waals surface area (Å²) in [7, 11) is -4.07. The van der Waals surface area contributed by atoms with E-state index in [1.165, 1.54) is 23.5 Å².